The van der Waals surface area contributed by atoms with Crippen LogP contribution in [-0.2, 0) is 0 Å². The van der Waals surface area contributed by atoms with E-state index in [4.69, 9.17) is 0 Å². The molecule has 0 saturated heterocycles. The van der Waals surface area contributed by atoms with Crippen molar-refractivity contribution in [1.29, 1.82) is 0 Å². The predicted molar refractivity (Wildman–Crippen MR) is 60.2 cm³/mol. The van der Waals surface area contributed by atoms with Crippen molar-refractivity contribution in [3.63, 3.8) is 0 Å². The van der Waals surface area contributed by atoms with Gasteiger partial charge < -0.3 is 5.11 Å². The summed E-state index contributed by atoms with van der Waals surface area (Å²) in [5, 5.41) is 11.9. The van der Waals surface area contributed by atoms with E-state index < -0.39 is 17.7 Å². The second kappa shape index (κ2) is 4.57. The zero-order valence-electron chi connectivity index (χ0n) is 7.82. The van der Waals surface area contributed by atoms with Crippen molar-refractivity contribution in [3.8, 4) is 0 Å². The molecule has 2 aromatic rings. The van der Waals surface area contributed by atoms with Crippen LogP contribution in [0, 0.1) is 11.6 Å². The number of hydrogen-bond acceptors (Lipinski definition) is 3. The van der Waals surface area contributed by atoms with Gasteiger partial charge in [0.25, 0.3) is 0 Å². The third kappa shape index (κ3) is 2.28. The number of halogens is 3. The fourth-order valence-corrected chi connectivity index (χ4v) is 2.52. The molecule has 2 nitrogen and oxygen atoms in total. The zero-order chi connectivity index (χ0) is 11.7. The van der Waals surface area contributed by atoms with Gasteiger partial charge >= 0.3 is 0 Å². The van der Waals surface area contributed by atoms with E-state index in [9.17, 15) is 13.9 Å². The molecule has 0 aliphatic heterocycles. The van der Waals surface area contributed by atoms with Crippen LogP contribution in [0.3, 0.4) is 0 Å². The zero-order valence-corrected chi connectivity index (χ0v) is 10.2. The molecule has 0 fully saturated rings. The summed E-state index contributed by atoms with van der Waals surface area (Å²) in [5.74, 6) is -1.45. The first-order valence-electron chi connectivity index (χ1n) is 4.32. The van der Waals surface area contributed by atoms with Gasteiger partial charge in [0.15, 0.2) is 0 Å². The quantitative estimate of drug-likeness (QED) is 0.924. The van der Waals surface area contributed by atoms with Crippen LogP contribution in [0.5, 0.6) is 0 Å². The number of aromatic nitrogens is 1. The average Bonchev–Trinajstić information content (AvgIpc) is 2.64. The summed E-state index contributed by atoms with van der Waals surface area (Å²) in [6, 6.07) is 3.05. The largest absolute Gasteiger partial charge is 0.381 e. The number of thiazole rings is 1. The van der Waals surface area contributed by atoms with Crippen molar-refractivity contribution < 1.29 is 13.9 Å². The first kappa shape index (κ1) is 11.6. The Morgan fingerprint density at radius 3 is 2.69 bits per heavy atom. The van der Waals surface area contributed by atoms with Crippen molar-refractivity contribution in [2.24, 2.45) is 0 Å². The highest BCUT2D eigenvalue weighted by Gasteiger charge is 2.18. The molecule has 0 aliphatic carbocycles. The van der Waals surface area contributed by atoms with Crippen LogP contribution in [-0.4, -0.2) is 10.1 Å². The van der Waals surface area contributed by atoms with E-state index in [1.54, 1.807) is 5.38 Å². The van der Waals surface area contributed by atoms with Gasteiger partial charge in [-0.2, -0.15) is 0 Å². The van der Waals surface area contributed by atoms with Gasteiger partial charge in [0, 0.05) is 17.0 Å². The molecule has 0 amide bonds. The fourth-order valence-electron chi connectivity index (χ4n) is 1.25. The number of aliphatic hydroxyl groups is 1. The number of rotatable bonds is 2. The first-order chi connectivity index (χ1) is 7.58. The van der Waals surface area contributed by atoms with Crippen molar-refractivity contribution in [3.05, 3.63) is 50.4 Å². The molecule has 1 heterocycles. The van der Waals surface area contributed by atoms with E-state index >= 15 is 0 Å². The molecular weight excluding hydrogens is 300 g/mol. The van der Waals surface area contributed by atoms with E-state index in [2.05, 4.69) is 20.9 Å². The van der Waals surface area contributed by atoms with Gasteiger partial charge in [-0.3, -0.25) is 0 Å². The van der Waals surface area contributed by atoms with Gasteiger partial charge in [0.05, 0.1) is 0 Å². The summed E-state index contributed by atoms with van der Waals surface area (Å²) in [7, 11) is 0. The summed E-state index contributed by atoms with van der Waals surface area (Å²) >= 11 is 4.33. The molecular formula is C10H6BrF2NOS. The van der Waals surface area contributed by atoms with Gasteiger partial charge in [-0.15, -0.1) is 11.3 Å². The van der Waals surface area contributed by atoms with Crippen LogP contribution >= 0.6 is 27.3 Å². The Bertz CT molecular complexity index is 517. The Labute approximate surface area is 103 Å². The van der Waals surface area contributed by atoms with Crippen LogP contribution in [0.1, 0.15) is 16.7 Å². The minimum Gasteiger partial charge on any atom is -0.381 e. The van der Waals surface area contributed by atoms with Gasteiger partial charge in [-0.05, 0) is 22.0 Å². The monoisotopic (exact) mass is 305 g/mol. The Hall–Kier alpha value is -0.850. The Morgan fingerprint density at radius 1 is 1.38 bits per heavy atom. The standard InChI is InChI=1S/C10H6BrF2NOS/c11-8-4-16-10(14-8)9(15)6-2-1-5(12)3-7(6)13/h1-4,9,15H. The fraction of sp³-hybridized carbons (Fsp3) is 0.100. The third-order valence-electron chi connectivity index (χ3n) is 1.98. The Kier molecular flexibility index (Phi) is 3.32. The number of benzene rings is 1. The van der Waals surface area contributed by atoms with E-state index in [0.717, 1.165) is 12.1 Å². The smallest absolute Gasteiger partial charge is 0.133 e. The molecule has 84 valence electrons. The van der Waals surface area contributed by atoms with Crippen molar-refractivity contribution in [1.82, 2.24) is 4.98 Å². The van der Waals surface area contributed by atoms with Crippen LogP contribution in [0.2, 0.25) is 0 Å². The predicted octanol–water partition coefficient (Wildman–Crippen LogP) is 3.27. The van der Waals surface area contributed by atoms with E-state index in [1.807, 2.05) is 0 Å². The third-order valence-corrected chi connectivity index (χ3v) is 3.59. The van der Waals surface area contributed by atoms with E-state index in [-0.39, 0.29) is 5.56 Å². The lowest BCUT2D eigenvalue weighted by atomic mass is 10.1. The molecule has 2 rings (SSSR count). The van der Waals surface area contributed by atoms with Crippen LogP contribution in [0.15, 0.2) is 28.2 Å². The van der Waals surface area contributed by atoms with E-state index in [1.165, 1.54) is 17.4 Å². The lowest BCUT2D eigenvalue weighted by molar-refractivity contribution is 0.214. The molecule has 1 unspecified atom stereocenters. The Morgan fingerprint density at radius 2 is 2.12 bits per heavy atom. The summed E-state index contributed by atoms with van der Waals surface area (Å²) in [5.41, 5.74) is 0.0169. The molecule has 0 radical (unpaired) electrons. The highest BCUT2D eigenvalue weighted by atomic mass is 79.9. The average molecular weight is 306 g/mol. The number of aliphatic hydroxyl groups excluding tert-OH is 1. The summed E-state index contributed by atoms with van der Waals surface area (Å²) in [6.45, 7) is 0. The Balaban J connectivity index is 2.37. The van der Waals surface area contributed by atoms with Crippen LogP contribution in [0.4, 0.5) is 8.78 Å². The molecule has 1 atom stereocenters. The number of hydrogen-bond donors (Lipinski definition) is 1. The highest BCUT2D eigenvalue weighted by molar-refractivity contribution is 9.10. The van der Waals surface area contributed by atoms with Crippen LogP contribution < -0.4 is 0 Å². The van der Waals surface area contributed by atoms with Crippen LogP contribution in [0.25, 0.3) is 0 Å². The van der Waals surface area contributed by atoms with Gasteiger partial charge in [0.1, 0.15) is 27.3 Å². The molecule has 1 aromatic heterocycles. The van der Waals surface area contributed by atoms with E-state index in [0.29, 0.717) is 9.61 Å². The van der Waals surface area contributed by atoms with Gasteiger partial charge in [0.2, 0.25) is 0 Å². The molecule has 16 heavy (non-hydrogen) atoms. The number of nitrogens with zero attached hydrogens (tertiary/aromatic N) is 1. The van der Waals surface area contributed by atoms with Gasteiger partial charge in [-0.1, -0.05) is 6.07 Å². The lowest BCUT2D eigenvalue weighted by Gasteiger charge is -2.08. The summed E-state index contributed by atoms with van der Waals surface area (Å²) in [4.78, 5) is 3.98. The molecule has 0 aliphatic rings. The SMILES string of the molecule is OC(c1nc(Br)cs1)c1ccc(F)cc1F. The molecule has 0 bridgehead atoms. The molecule has 0 spiro atoms. The van der Waals surface area contributed by atoms with Crippen molar-refractivity contribution in [2.45, 2.75) is 6.10 Å². The topological polar surface area (TPSA) is 33.1 Å². The normalized spacial score (nSPS) is 12.8. The van der Waals surface area contributed by atoms with Crippen molar-refractivity contribution >= 4 is 27.3 Å². The minimum absolute atomic E-state index is 0.0169. The minimum atomic E-state index is -1.17. The summed E-state index contributed by atoms with van der Waals surface area (Å²) in [6.07, 6.45) is -1.17. The first-order valence-corrected chi connectivity index (χ1v) is 5.99. The maximum Gasteiger partial charge on any atom is 0.133 e. The van der Waals surface area contributed by atoms with Gasteiger partial charge in [-0.25, -0.2) is 13.8 Å². The maximum absolute atomic E-state index is 13.4. The molecule has 1 N–H and O–H groups in total. The second-order valence-electron chi connectivity index (χ2n) is 3.08. The highest BCUT2D eigenvalue weighted by Crippen LogP contribution is 2.28. The molecule has 0 saturated carbocycles. The second-order valence-corrected chi connectivity index (χ2v) is 4.78. The molecule has 6 heteroatoms. The summed E-state index contributed by atoms with van der Waals surface area (Å²) < 4.78 is 26.6. The van der Waals surface area contributed by atoms with Crippen molar-refractivity contribution in [2.75, 3.05) is 0 Å². The lowest BCUT2D eigenvalue weighted by Crippen LogP contribution is -2.02. The maximum atomic E-state index is 13.4. The molecule has 1 aromatic carbocycles.